The van der Waals surface area contributed by atoms with E-state index in [-0.39, 0.29) is 0 Å². The zero-order chi connectivity index (χ0) is 12.1. The standard InChI is InChI=1S/C14H11NOS/c1-16-14-8-12(7-13(9-14)15-10-17)11-5-3-2-4-6-11/h2-9H,1H3. The van der Waals surface area contributed by atoms with Gasteiger partial charge in [-0.05, 0) is 35.5 Å². The highest BCUT2D eigenvalue weighted by molar-refractivity contribution is 7.78. The molecule has 0 fully saturated rings. The molecule has 0 amide bonds. The number of thiocarbonyl (C=S) groups is 1. The molecule has 84 valence electrons. The van der Waals surface area contributed by atoms with Crippen LogP contribution in [-0.4, -0.2) is 12.3 Å². The smallest absolute Gasteiger partial charge is 0.121 e. The van der Waals surface area contributed by atoms with Crippen LogP contribution in [0, 0.1) is 0 Å². The molecule has 3 heteroatoms. The molecule has 0 unspecified atom stereocenters. The summed E-state index contributed by atoms with van der Waals surface area (Å²) in [5, 5.41) is 2.37. The van der Waals surface area contributed by atoms with Crippen molar-refractivity contribution < 1.29 is 4.74 Å². The summed E-state index contributed by atoms with van der Waals surface area (Å²) in [6.45, 7) is 0. The molecule has 0 saturated heterocycles. The van der Waals surface area contributed by atoms with Crippen molar-refractivity contribution in [1.29, 1.82) is 0 Å². The van der Waals surface area contributed by atoms with Gasteiger partial charge in [-0.3, -0.25) is 0 Å². The summed E-state index contributed by atoms with van der Waals surface area (Å²) in [5.41, 5.74) is 2.92. The zero-order valence-electron chi connectivity index (χ0n) is 9.38. The normalized spacial score (nSPS) is 9.47. The fourth-order valence-corrected chi connectivity index (χ4v) is 1.72. The van der Waals surface area contributed by atoms with Gasteiger partial charge in [-0.25, -0.2) is 0 Å². The summed E-state index contributed by atoms with van der Waals surface area (Å²) in [6, 6.07) is 15.8. The van der Waals surface area contributed by atoms with Gasteiger partial charge in [0, 0.05) is 6.07 Å². The Bertz CT molecular complexity index is 560. The van der Waals surface area contributed by atoms with E-state index in [4.69, 9.17) is 4.74 Å². The van der Waals surface area contributed by atoms with Crippen molar-refractivity contribution in [2.24, 2.45) is 4.99 Å². The van der Waals surface area contributed by atoms with Crippen LogP contribution in [0.4, 0.5) is 5.69 Å². The van der Waals surface area contributed by atoms with Crippen molar-refractivity contribution in [1.82, 2.24) is 0 Å². The van der Waals surface area contributed by atoms with E-state index in [1.807, 2.05) is 48.5 Å². The molecule has 0 aliphatic rings. The van der Waals surface area contributed by atoms with E-state index >= 15 is 0 Å². The molecule has 17 heavy (non-hydrogen) atoms. The predicted octanol–water partition coefficient (Wildman–Crippen LogP) is 4.10. The molecular weight excluding hydrogens is 230 g/mol. The monoisotopic (exact) mass is 241 g/mol. The molecule has 0 atom stereocenters. The molecular formula is C14H11NOS. The van der Waals surface area contributed by atoms with E-state index < -0.39 is 0 Å². The molecule has 2 rings (SSSR count). The van der Waals surface area contributed by atoms with Crippen LogP contribution < -0.4 is 4.74 Å². The lowest BCUT2D eigenvalue weighted by atomic mass is 10.0. The van der Waals surface area contributed by atoms with Crippen molar-refractivity contribution in [3.63, 3.8) is 0 Å². The van der Waals surface area contributed by atoms with Crippen LogP contribution in [0.5, 0.6) is 5.75 Å². The summed E-state index contributed by atoms with van der Waals surface area (Å²) in [7, 11) is 1.63. The number of methoxy groups -OCH3 is 1. The fourth-order valence-electron chi connectivity index (χ4n) is 1.62. The van der Waals surface area contributed by atoms with E-state index in [0.717, 1.165) is 22.6 Å². The van der Waals surface area contributed by atoms with E-state index in [1.165, 1.54) is 0 Å². The van der Waals surface area contributed by atoms with Crippen LogP contribution in [0.3, 0.4) is 0 Å². The van der Waals surface area contributed by atoms with Crippen molar-refractivity contribution in [3.8, 4) is 16.9 Å². The Labute approximate surface area is 106 Å². The molecule has 0 radical (unpaired) electrons. The number of hydrogen-bond donors (Lipinski definition) is 0. The second kappa shape index (κ2) is 5.39. The van der Waals surface area contributed by atoms with Crippen molar-refractivity contribution in [2.75, 3.05) is 7.11 Å². The van der Waals surface area contributed by atoms with Crippen molar-refractivity contribution in [3.05, 3.63) is 48.5 Å². The van der Waals surface area contributed by atoms with Gasteiger partial charge in [0.25, 0.3) is 0 Å². The minimum atomic E-state index is 0.748. The van der Waals surface area contributed by atoms with E-state index in [1.54, 1.807) is 7.11 Å². The van der Waals surface area contributed by atoms with Gasteiger partial charge in [-0.1, -0.05) is 30.3 Å². The quantitative estimate of drug-likeness (QED) is 0.596. The third-order valence-electron chi connectivity index (χ3n) is 2.41. The van der Waals surface area contributed by atoms with Gasteiger partial charge in [-0.2, -0.15) is 4.99 Å². The van der Waals surface area contributed by atoms with Crippen LogP contribution in [-0.2, 0) is 0 Å². The van der Waals surface area contributed by atoms with Crippen LogP contribution in [0.15, 0.2) is 53.5 Å². The minimum absolute atomic E-state index is 0.748. The maximum atomic E-state index is 5.24. The lowest BCUT2D eigenvalue weighted by Gasteiger charge is -2.06. The maximum Gasteiger partial charge on any atom is 0.121 e. The molecule has 0 heterocycles. The fraction of sp³-hybridized carbons (Fsp3) is 0.0714. The average Bonchev–Trinajstić information content (AvgIpc) is 2.40. The highest BCUT2D eigenvalue weighted by Gasteiger charge is 2.02. The molecule has 0 bridgehead atoms. The average molecular weight is 241 g/mol. The van der Waals surface area contributed by atoms with Gasteiger partial charge in [-0.15, -0.1) is 0 Å². The maximum absolute atomic E-state index is 5.24. The van der Waals surface area contributed by atoms with Gasteiger partial charge >= 0.3 is 0 Å². The second-order valence-corrected chi connectivity index (χ2v) is 3.67. The number of hydrogen-bond acceptors (Lipinski definition) is 3. The summed E-state index contributed by atoms with van der Waals surface area (Å²) in [5.74, 6) is 0.760. The van der Waals surface area contributed by atoms with E-state index in [9.17, 15) is 0 Å². The first kappa shape index (κ1) is 11.5. The minimum Gasteiger partial charge on any atom is -0.497 e. The number of ether oxygens (including phenoxy) is 1. The third-order valence-corrected chi connectivity index (χ3v) is 2.50. The third kappa shape index (κ3) is 2.78. The van der Waals surface area contributed by atoms with Crippen LogP contribution in [0.25, 0.3) is 11.1 Å². The lowest BCUT2D eigenvalue weighted by molar-refractivity contribution is 0.415. The van der Waals surface area contributed by atoms with Crippen LogP contribution in [0.2, 0.25) is 0 Å². The molecule has 0 saturated carbocycles. The van der Waals surface area contributed by atoms with Crippen molar-refractivity contribution >= 4 is 23.1 Å². The number of nitrogens with zero attached hydrogens (tertiary/aromatic N) is 1. The molecule has 2 aromatic rings. The lowest BCUT2D eigenvalue weighted by Crippen LogP contribution is -1.84. The first-order chi connectivity index (χ1) is 8.33. The number of aliphatic imine (C=N–C) groups is 1. The molecule has 0 aliphatic heterocycles. The molecule has 2 nitrogen and oxygen atoms in total. The van der Waals surface area contributed by atoms with Gasteiger partial charge in [0.2, 0.25) is 0 Å². The first-order valence-electron chi connectivity index (χ1n) is 5.16. The van der Waals surface area contributed by atoms with Gasteiger partial charge in [0.05, 0.1) is 18.0 Å². The molecule has 0 aliphatic carbocycles. The van der Waals surface area contributed by atoms with Crippen LogP contribution >= 0.6 is 12.2 Å². The van der Waals surface area contributed by atoms with Crippen LogP contribution in [0.1, 0.15) is 0 Å². The van der Waals surface area contributed by atoms with Gasteiger partial charge < -0.3 is 4.74 Å². The molecule has 0 spiro atoms. The SMILES string of the molecule is COc1cc(N=C=S)cc(-c2ccccc2)c1. The topological polar surface area (TPSA) is 21.6 Å². The summed E-state index contributed by atoms with van der Waals surface area (Å²) in [6.07, 6.45) is 0. The van der Waals surface area contributed by atoms with Crippen molar-refractivity contribution in [2.45, 2.75) is 0 Å². The summed E-state index contributed by atoms with van der Waals surface area (Å²) < 4.78 is 5.24. The summed E-state index contributed by atoms with van der Waals surface area (Å²) in [4.78, 5) is 3.99. The summed E-state index contributed by atoms with van der Waals surface area (Å²) >= 11 is 4.62. The number of benzene rings is 2. The first-order valence-corrected chi connectivity index (χ1v) is 5.56. The predicted molar refractivity (Wildman–Crippen MR) is 73.1 cm³/mol. The number of isothiocyanates is 1. The zero-order valence-corrected chi connectivity index (χ0v) is 10.2. The molecule has 0 aromatic heterocycles. The van der Waals surface area contributed by atoms with E-state index in [0.29, 0.717) is 0 Å². The Morgan fingerprint density at radius 2 is 1.82 bits per heavy atom. The highest BCUT2D eigenvalue weighted by atomic mass is 32.1. The Hall–Kier alpha value is -1.96. The Morgan fingerprint density at radius 1 is 1.06 bits per heavy atom. The van der Waals surface area contributed by atoms with E-state index in [2.05, 4.69) is 22.4 Å². The Kier molecular flexibility index (Phi) is 3.66. The Morgan fingerprint density at radius 3 is 2.47 bits per heavy atom. The second-order valence-electron chi connectivity index (χ2n) is 3.49. The Balaban J connectivity index is 2.54. The molecule has 2 aromatic carbocycles. The molecule has 0 N–H and O–H groups in total. The van der Waals surface area contributed by atoms with Gasteiger partial charge in [0.15, 0.2) is 0 Å². The highest BCUT2D eigenvalue weighted by Crippen LogP contribution is 2.29. The van der Waals surface area contributed by atoms with Gasteiger partial charge in [0.1, 0.15) is 5.75 Å². The largest absolute Gasteiger partial charge is 0.497 e. The number of rotatable bonds is 3.